The SMILES string of the molecule is O=C(NC1(CBr)CCOCC1)C1CCCO1. The number of rotatable bonds is 3. The normalized spacial score (nSPS) is 28.9. The summed E-state index contributed by atoms with van der Waals surface area (Å²) in [5.74, 6) is 0.0406. The molecule has 1 unspecified atom stereocenters. The Labute approximate surface area is 104 Å². The first-order valence-corrected chi connectivity index (χ1v) is 6.95. The first kappa shape index (κ1) is 12.3. The van der Waals surface area contributed by atoms with Gasteiger partial charge in [-0.15, -0.1) is 0 Å². The molecule has 92 valence electrons. The van der Waals surface area contributed by atoms with Crippen LogP contribution in [0.2, 0.25) is 0 Å². The van der Waals surface area contributed by atoms with Gasteiger partial charge in [0.1, 0.15) is 6.10 Å². The highest BCUT2D eigenvalue weighted by molar-refractivity contribution is 9.09. The molecular weight excluding hydrogens is 274 g/mol. The molecule has 0 aromatic rings. The molecule has 1 atom stereocenters. The van der Waals surface area contributed by atoms with Crippen LogP contribution < -0.4 is 5.32 Å². The highest BCUT2D eigenvalue weighted by atomic mass is 79.9. The number of nitrogens with one attached hydrogen (secondary N) is 1. The summed E-state index contributed by atoms with van der Waals surface area (Å²) in [5.41, 5.74) is -0.138. The molecule has 5 heteroatoms. The van der Waals surface area contributed by atoms with Gasteiger partial charge in [0.05, 0.1) is 5.54 Å². The third kappa shape index (κ3) is 2.76. The Morgan fingerprint density at radius 3 is 2.69 bits per heavy atom. The Hall–Kier alpha value is -0.130. The molecule has 0 saturated carbocycles. The van der Waals surface area contributed by atoms with Gasteiger partial charge in [-0.2, -0.15) is 0 Å². The van der Waals surface area contributed by atoms with E-state index in [0.29, 0.717) is 6.61 Å². The highest BCUT2D eigenvalue weighted by Gasteiger charge is 2.35. The van der Waals surface area contributed by atoms with Crippen molar-refractivity contribution in [2.75, 3.05) is 25.2 Å². The third-order valence-corrected chi connectivity index (χ3v) is 4.39. The maximum atomic E-state index is 12.0. The number of amides is 1. The molecule has 2 fully saturated rings. The smallest absolute Gasteiger partial charge is 0.249 e. The van der Waals surface area contributed by atoms with Gasteiger partial charge >= 0.3 is 0 Å². The molecule has 0 aromatic carbocycles. The van der Waals surface area contributed by atoms with E-state index in [9.17, 15) is 4.79 Å². The number of carbonyl (C=O) groups excluding carboxylic acids is 1. The monoisotopic (exact) mass is 291 g/mol. The van der Waals surface area contributed by atoms with Crippen LogP contribution in [-0.4, -0.2) is 42.7 Å². The van der Waals surface area contributed by atoms with E-state index in [-0.39, 0.29) is 17.6 Å². The van der Waals surface area contributed by atoms with Gasteiger partial charge in [0.2, 0.25) is 5.91 Å². The molecule has 0 aromatic heterocycles. The van der Waals surface area contributed by atoms with Gasteiger partial charge in [0, 0.05) is 25.2 Å². The van der Waals surface area contributed by atoms with Crippen LogP contribution in [0, 0.1) is 0 Å². The second kappa shape index (κ2) is 5.47. The van der Waals surface area contributed by atoms with E-state index in [1.165, 1.54) is 0 Å². The van der Waals surface area contributed by atoms with Gasteiger partial charge in [0.15, 0.2) is 0 Å². The maximum Gasteiger partial charge on any atom is 0.249 e. The van der Waals surface area contributed by atoms with Crippen molar-refractivity contribution in [2.24, 2.45) is 0 Å². The van der Waals surface area contributed by atoms with Crippen LogP contribution in [-0.2, 0) is 14.3 Å². The molecule has 2 rings (SSSR count). The van der Waals surface area contributed by atoms with Crippen molar-refractivity contribution < 1.29 is 14.3 Å². The minimum atomic E-state index is -0.237. The quantitative estimate of drug-likeness (QED) is 0.796. The Morgan fingerprint density at radius 1 is 1.38 bits per heavy atom. The minimum absolute atomic E-state index is 0.0406. The zero-order valence-corrected chi connectivity index (χ0v) is 10.9. The molecule has 0 radical (unpaired) electrons. The van der Waals surface area contributed by atoms with E-state index >= 15 is 0 Å². The van der Waals surface area contributed by atoms with Crippen LogP contribution in [0.25, 0.3) is 0 Å². The topological polar surface area (TPSA) is 47.6 Å². The molecule has 16 heavy (non-hydrogen) atoms. The van der Waals surface area contributed by atoms with Gasteiger partial charge < -0.3 is 14.8 Å². The molecule has 2 aliphatic rings. The van der Waals surface area contributed by atoms with Crippen LogP contribution in [0.3, 0.4) is 0 Å². The fraction of sp³-hybridized carbons (Fsp3) is 0.909. The first-order valence-electron chi connectivity index (χ1n) is 5.83. The molecule has 0 bridgehead atoms. The average molecular weight is 292 g/mol. The summed E-state index contributed by atoms with van der Waals surface area (Å²) in [4.78, 5) is 12.0. The molecule has 1 N–H and O–H groups in total. The van der Waals surface area contributed by atoms with Crippen molar-refractivity contribution >= 4 is 21.8 Å². The predicted octanol–water partition coefficient (Wildman–Crippen LogP) is 1.23. The van der Waals surface area contributed by atoms with Gasteiger partial charge in [-0.1, -0.05) is 15.9 Å². The zero-order valence-electron chi connectivity index (χ0n) is 9.34. The maximum absolute atomic E-state index is 12.0. The number of halogens is 1. The van der Waals surface area contributed by atoms with Crippen LogP contribution >= 0.6 is 15.9 Å². The molecule has 4 nitrogen and oxygen atoms in total. The van der Waals surface area contributed by atoms with Gasteiger partial charge in [-0.05, 0) is 25.7 Å². The van der Waals surface area contributed by atoms with Crippen LogP contribution in [0.5, 0.6) is 0 Å². The molecule has 1 amide bonds. The van der Waals surface area contributed by atoms with Crippen molar-refractivity contribution in [2.45, 2.75) is 37.3 Å². The van der Waals surface area contributed by atoms with E-state index in [4.69, 9.17) is 9.47 Å². The van der Waals surface area contributed by atoms with Gasteiger partial charge in [0.25, 0.3) is 0 Å². The summed E-state index contributed by atoms with van der Waals surface area (Å²) in [6.45, 7) is 2.15. The van der Waals surface area contributed by atoms with E-state index in [0.717, 1.165) is 44.2 Å². The lowest BCUT2D eigenvalue weighted by molar-refractivity contribution is -0.132. The van der Waals surface area contributed by atoms with E-state index in [1.807, 2.05) is 0 Å². The highest BCUT2D eigenvalue weighted by Crippen LogP contribution is 2.24. The number of hydrogen-bond acceptors (Lipinski definition) is 3. The second-order valence-electron chi connectivity index (χ2n) is 4.52. The molecule has 2 saturated heterocycles. The summed E-state index contributed by atoms with van der Waals surface area (Å²) < 4.78 is 10.7. The van der Waals surface area contributed by atoms with Crippen LogP contribution in [0.4, 0.5) is 0 Å². The summed E-state index contributed by atoms with van der Waals surface area (Å²) in [6.07, 6.45) is 3.34. The standard InChI is InChI=1S/C11H18BrNO3/c12-8-11(3-6-15-7-4-11)13-10(14)9-2-1-5-16-9/h9H,1-8H2,(H,13,14). The lowest BCUT2D eigenvalue weighted by Crippen LogP contribution is -2.55. The van der Waals surface area contributed by atoms with Crippen molar-refractivity contribution in [3.63, 3.8) is 0 Å². The summed E-state index contributed by atoms with van der Waals surface area (Å²) in [7, 11) is 0. The van der Waals surface area contributed by atoms with Gasteiger partial charge in [-0.3, -0.25) is 4.79 Å². The van der Waals surface area contributed by atoms with Crippen molar-refractivity contribution in [1.29, 1.82) is 0 Å². The van der Waals surface area contributed by atoms with Crippen molar-refractivity contribution in [3.05, 3.63) is 0 Å². The van der Waals surface area contributed by atoms with Crippen molar-refractivity contribution in [3.8, 4) is 0 Å². The van der Waals surface area contributed by atoms with Crippen molar-refractivity contribution in [1.82, 2.24) is 5.32 Å². The van der Waals surface area contributed by atoms with E-state index < -0.39 is 0 Å². The Bertz CT molecular complexity index is 248. The lowest BCUT2D eigenvalue weighted by atomic mass is 9.92. The summed E-state index contributed by atoms with van der Waals surface area (Å²) in [5, 5.41) is 3.91. The van der Waals surface area contributed by atoms with Gasteiger partial charge in [-0.25, -0.2) is 0 Å². The van der Waals surface area contributed by atoms with Crippen LogP contribution in [0.1, 0.15) is 25.7 Å². The molecular formula is C11H18BrNO3. The van der Waals surface area contributed by atoms with Crippen LogP contribution in [0.15, 0.2) is 0 Å². The fourth-order valence-electron chi connectivity index (χ4n) is 2.18. The van der Waals surface area contributed by atoms with E-state index in [2.05, 4.69) is 21.2 Å². The Kier molecular flexibility index (Phi) is 4.21. The summed E-state index contributed by atoms with van der Waals surface area (Å²) >= 11 is 3.49. The molecule has 0 spiro atoms. The second-order valence-corrected chi connectivity index (χ2v) is 5.08. The molecule has 0 aliphatic carbocycles. The minimum Gasteiger partial charge on any atom is -0.381 e. The number of ether oxygens (including phenoxy) is 2. The third-order valence-electron chi connectivity index (χ3n) is 3.32. The lowest BCUT2D eigenvalue weighted by Gasteiger charge is -2.37. The summed E-state index contributed by atoms with van der Waals surface area (Å²) in [6, 6.07) is 0. The average Bonchev–Trinajstić information content (AvgIpc) is 2.84. The number of alkyl halides is 1. The first-order chi connectivity index (χ1) is 7.76. The zero-order chi connectivity index (χ0) is 11.4. The fourth-order valence-corrected chi connectivity index (χ4v) is 2.88. The Balaban J connectivity index is 1.91. The largest absolute Gasteiger partial charge is 0.381 e. The van der Waals surface area contributed by atoms with E-state index in [1.54, 1.807) is 0 Å². The number of carbonyl (C=O) groups is 1. The molecule has 2 aliphatic heterocycles. The Morgan fingerprint density at radius 2 is 2.12 bits per heavy atom. The molecule has 2 heterocycles. The number of hydrogen-bond donors (Lipinski definition) is 1. The predicted molar refractivity (Wildman–Crippen MR) is 63.7 cm³/mol.